The summed E-state index contributed by atoms with van der Waals surface area (Å²) in [7, 11) is 0. The van der Waals surface area contributed by atoms with Crippen molar-refractivity contribution in [3.8, 4) is 56.1 Å². The van der Waals surface area contributed by atoms with Gasteiger partial charge in [0.15, 0.2) is 0 Å². The topological polar surface area (TPSA) is 35.6 Å². The summed E-state index contributed by atoms with van der Waals surface area (Å²) in [4.78, 5) is 9.36. The summed E-state index contributed by atoms with van der Waals surface area (Å²) >= 11 is 0. The summed E-state index contributed by atoms with van der Waals surface area (Å²) in [5, 5.41) is 4.88. The molecule has 0 amide bonds. The zero-order valence-corrected chi connectivity index (χ0v) is 30.4. The van der Waals surface area contributed by atoms with Crippen molar-refractivity contribution in [1.82, 2.24) is 19.1 Å². The maximum absolute atomic E-state index is 4.68. The zero-order chi connectivity index (χ0) is 37.0. The Morgan fingerprint density at radius 1 is 0.286 bits per heavy atom. The van der Waals surface area contributed by atoms with E-state index in [9.17, 15) is 0 Å². The molecule has 0 saturated carbocycles. The van der Waals surface area contributed by atoms with E-state index in [4.69, 9.17) is 0 Å². The second kappa shape index (κ2) is 13.1. The monoisotopic (exact) mass is 714 g/mol. The van der Waals surface area contributed by atoms with E-state index < -0.39 is 0 Å². The Labute approximate surface area is 324 Å². The van der Waals surface area contributed by atoms with Gasteiger partial charge in [-0.15, -0.1) is 0 Å². The fraction of sp³-hybridized carbons (Fsp3) is 0. The Morgan fingerprint density at radius 3 is 1.54 bits per heavy atom. The molecule has 7 aromatic carbocycles. The number of aromatic nitrogens is 4. The number of para-hydroxylation sites is 2. The minimum atomic E-state index is 0.970. The fourth-order valence-corrected chi connectivity index (χ4v) is 8.48. The molecule has 4 heterocycles. The van der Waals surface area contributed by atoms with Gasteiger partial charge in [0.1, 0.15) is 0 Å². The first-order valence-corrected chi connectivity index (χ1v) is 19.0. The summed E-state index contributed by atoms with van der Waals surface area (Å²) in [5.41, 5.74) is 15.7. The molecular weight excluding hydrogens is 681 g/mol. The van der Waals surface area contributed by atoms with E-state index in [-0.39, 0.29) is 0 Å². The van der Waals surface area contributed by atoms with Crippen molar-refractivity contribution in [2.75, 3.05) is 0 Å². The molecule has 0 unspecified atom stereocenters. The lowest BCUT2D eigenvalue weighted by molar-refractivity contribution is 1.13. The summed E-state index contributed by atoms with van der Waals surface area (Å²) < 4.78 is 4.81. The number of hydrogen-bond donors (Lipinski definition) is 0. The molecule has 0 atom stereocenters. The lowest BCUT2D eigenvalue weighted by atomic mass is 9.96. The molecule has 4 aromatic heterocycles. The van der Waals surface area contributed by atoms with Crippen molar-refractivity contribution < 1.29 is 0 Å². The maximum Gasteiger partial charge on any atom is 0.0708 e. The number of rotatable bonds is 6. The molecule has 0 bridgehead atoms. The van der Waals surface area contributed by atoms with E-state index in [1.165, 1.54) is 60.3 Å². The van der Waals surface area contributed by atoms with Crippen LogP contribution in [-0.2, 0) is 0 Å². The molecule has 11 rings (SSSR count). The van der Waals surface area contributed by atoms with Gasteiger partial charge in [-0.1, -0.05) is 115 Å². The summed E-state index contributed by atoms with van der Waals surface area (Å²) in [6, 6.07) is 69.4. The van der Waals surface area contributed by atoms with Gasteiger partial charge in [0, 0.05) is 56.4 Å². The van der Waals surface area contributed by atoms with E-state index in [0.29, 0.717) is 0 Å². The van der Waals surface area contributed by atoms with Crippen molar-refractivity contribution in [1.29, 1.82) is 0 Å². The van der Waals surface area contributed by atoms with E-state index in [2.05, 4.69) is 195 Å². The normalized spacial score (nSPS) is 11.6. The van der Waals surface area contributed by atoms with E-state index >= 15 is 0 Å². The van der Waals surface area contributed by atoms with Crippen LogP contribution in [0, 0.1) is 0 Å². The van der Waals surface area contributed by atoms with E-state index in [0.717, 1.165) is 39.5 Å². The average Bonchev–Trinajstić information content (AvgIpc) is 3.79. The van der Waals surface area contributed by atoms with Crippen LogP contribution in [-0.4, -0.2) is 19.1 Å². The molecule has 262 valence electrons. The van der Waals surface area contributed by atoms with Crippen molar-refractivity contribution in [3.63, 3.8) is 0 Å². The Balaban J connectivity index is 1.05. The van der Waals surface area contributed by atoms with Crippen molar-refractivity contribution >= 4 is 43.6 Å². The zero-order valence-electron chi connectivity index (χ0n) is 30.4. The van der Waals surface area contributed by atoms with Crippen LogP contribution in [0.15, 0.2) is 207 Å². The lowest BCUT2D eigenvalue weighted by Crippen LogP contribution is -1.98. The van der Waals surface area contributed by atoms with Crippen LogP contribution in [0.4, 0.5) is 0 Å². The summed E-state index contributed by atoms with van der Waals surface area (Å²) in [5.74, 6) is 0. The van der Waals surface area contributed by atoms with Crippen LogP contribution in [0.3, 0.4) is 0 Å². The van der Waals surface area contributed by atoms with Crippen LogP contribution >= 0.6 is 0 Å². The minimum Gasteiger partial charge on any atom is -0.309 e. The molecule has 0 aliphatic heterocycles. The van der Waals surface area contributed by atoms with Crippen molar-refractivity contribution in [3.05, 3.63) is 207 Å². The number of fused-ring (bicyclic) bond motifs is 6. The third kappa shape index (κ3) is 5.23. The van der Waals surface area contributed by atoms with Gasteiger partial charge in [-0.3, -0.25) is 9.97 Å². The van der Waals surface area contributed by atoms with Crippen LogP contribution in [0.5, 0.6) is 0 Å². The lowest BCUT2D eigenvalue weighted by Gasteiger charge is -2.13. The van der Waals surface area contributed by atoms with E-state index in [1.807, 2.05) is 30.6 Å². The molecular formula is C52H34N4. The van der Waals surface area contributed by atoms with Gasteiger partial charge in [0.2, 0.25) is 0 Å². The van der Waals surface area contributed by atoms with Crippen LogP contribution in [0.1, 0.15) is 0 Å². The van der Waals surface area contributed by atoms with Gasteiger partial charge in [-0.2, -0.15) is 0 Å². The second-order valence-electron chi connectivity index (χ2n) is 14.2. The number of benzene rings is 7. The van der Waals surface area contributed by atoms with Gasteiger partial charge in [0.05, 0.1) is 33.5 Å². The van der Waals surface area contributed by atoms with Crippen molar-refractivity contribution in [2.45, 2.75) is 0 Å². The van der Waals surface area contributed by atoms with Crippen LogP contribution in [0.25, 0.3) is 99.8 Å². The molecule has 0 spiro atoms. The molecule has 4 nitrogen and oxygen atoms in total. The van der Waals surface area contributed by atoms with Crippen molar-refractivity contribution in [2.24, 2.45) is 0 Å². The average molecular weight is 715 g/mol. The Hall–Kier alpha value is -7.56. The third-order valence-corrected chi connectivity index (χ3v) is 11.0. The predicted molar refractivity (Wildman–Crippen MR) is 232 cm³/mol. The number of pyridine rings is 2. The molecule has 0 N–H and O–H groups in total. The summed E-state index contributed by atoms with van der Waals surface area (Å²) in [6.45, 7) is 0. The maximum atomic E-state index is 4.68. The molecule has 4 heteroatoms. The van der Waals surface area contributed by atoms with Gasteiger partial charge >= 0.3 is 0 Å². The number of hydrogen-bond acceptors (Lipinski definition) is 2. The summed E-state index contributed by atoms with van der Waals surface area (Å²) in [6.07, 6.45) is 3.77. The minimum absolute atomic E-state index is 0.970. The quantitative estimate of drug-likeness (QED) is 0.172. The SMILES string of the molecule is c1ccc(-c2cc(-c3ccc4c(c3)c3ccccc3n4-c3cccc(-n4c5ccccc5c5cc(-c6ccccc6-c6ccccn6)ccc54)c3)ccn2)cc1. The van der Waals surface area contributed by atoms with Crippen LogP contribution in [0.2, 0.25) is 0 Å². The Bertz CT molecular complexity index is 3250. The molecule has 0 fully saturated rings. The molecule has 11 aromatic rings. The largest absolute Gasteiger partial charge is 0.309 e. The highest BCUT2D eigenvalue weighted by Crippen LogP contribution is 2.39. The molecule has 0 saturated heterocycles. The molecule has 0 aliphatic rings. The highest BCUT2D eigenvalue weighted by atomic mass is 15.0. The molecule has 0 radical (unpaired) electrons. The first-order chi connectivity index (χ1) is 27.8. The van der Waals surface area contributed by atoms with Gasteiger partial charge in [-0.05, 0) is 101 Å². The smallest absolute Gasteiger partial charge is 0.0708 e. The Morgan fingerprint density at radius 2 is 0.839 bits per heavy atom. The van der Waals surface area contributed by atoms with Gasteiger partial charge in [-0.25, -0.2) is 0 Å². The standard InChI is InChI=1S/C52H34N4/c1-2-13-35(14-3-1)48-33-37(28-30-54-48)36-24-26-51-45(31-36)43-19-6-8-22-49(43)55(51)39-15-12-16-40(34-39)56-50-23-9-7-20-44(50)46-32-38(25-27-52(46)56)41-17-4-5-18-42(41)47-21-10-11-29-53-47/h1-34H. The molecule has 56 heavy (non-hydrogen) atoms. The predicted octanol–water partition coefficient (Wildman–Crippen LogP) is 13.3. The fourth-order valence-electron chi connectivity index (χ4n) is 8.48. The Kier molecular flexibility index (Phi) is 7.46. The molecule has 0 aliphatic carbocycles. The van der Waals surface area contributed by atoms with Gasteiger partial charge < -0.3 is 9.13 Å². The highest BCUT2D eigenvalue weighted by molar-refractivity contribution is 6.12. The third-order valence-electron chi connectivity index (χ3n) is 11.0. The van der Waals surface area contributed by atoms with Crippen LogP contribution < -0.4 is 0 Å². The highest BCUT2D eigenvalue weighted by Gasteiger charge is 2.18. The first-order valence-electron chi connectivity index (χ1n) is 19.0. The van der Waals surface area contributed by atoms with Gasteiger partial charge in [0.25, 0.3) is 0 Å². The number of nitrogens with zero attached hydrogens (tertiary/aromatic N) is 4. The second-order valence-corrected chi connectivity index (χ2v) is 14.2. The first kappa shape index (κ1) is 31.9. The van der Waals surface area contributed by atoms with E-state index in [1.54, 1.807) is 0 Å².